The van der Waals surface area contributed by atoms with Crippen LogP contribution in [0.25, 0.3) is 0 Å². The number of rotatable bonds is 6. The van der Waals surface area contributed by atoms with Crippen molar-refractivity contribution < 1.29 is 47.1 Å². The van der Waals surface area contributed by atoms with Crippen molar-refractivity contribution >= 4 is 14.1 Å². The second-order valence-corrected chi connectivity index (χ2v) is 28.2. The van der Waals surface area contributed by atoms with E-state index in [-0.39, 0.29) is 114 Å². The SMILES string of the molecule is C=C1C[C@@H]2CC[C@@]34CC5OC6[C@@H](O3)[C@H]3O[C@H](CC[C@@H]3O[C@H]6[C@H]5O4)CC(=O)C(c3ccccc3)[C@@H]3[C@@H](C)[C@@H](C[C@H](C)CO[Si](C)(C)C(C)(C)C)O[C@H]3CC3O[C@@H](CCC1O2)C[C@@H](C)C3=C. The van der Waals surface area contributed by atoms with Crippen molar-refractivity contribution in [2.75, 3.05) is 6.61 Å². The lowest BCUT2D eigenvalue weighted by molar-refractivity contribution is -0.292. The molecular weight excluding hydrogens is 825 g/mol. The Hall–Kier alpha value is -1.77. The maximum absolute atomic E-state index is 15.4. The highest BCUT2D eigenvalue weighted by molar-refractivity contribution is 6.74. The molecule has 0 N–H and O–H groups in total. The molecule has 10 fully saturated rings. The number of ether oxygens (including phenoxy) is 8. The molecule has 20 atom stereocenters. The Morgan fingerprint density at radius 3 is 2.25 bits per heavy atom. The Kier molecular flexibility index (Phi) is 12.7. The van der Waals surface area contributed by atoms with Gasteiger partial charge in [0, 0.05) is 44.1 Å². The predicted molar refractivity (Wildman–Crippen MR) is 246 cm³/mol. The monoisotopic (exact) mass is 903 g/mol. The highest BCUT2D eigenvalue weighted by Gasteiger charge is 2.69. The van der Waals surface area contributed by atoms with Gasteiger partial charge in [-0.25, -0.2) is 0 Å². The Bertz CT molecular complexity index is 1880. The van der Waals surface area contributed by atoms with Gasteiger partial charge in [0.25, 0.3) is 0 Å². The van der Waals surface area contributed by atoms with Crippen molar-refractivity contribution in [2.45, 2.75) is 234 Å². The zero-order valence-corrected chi connectivity index (χ0v) is 41.0. The molecule has 10 saturated heterocycles. The fraction of sp³-hybridized carbons (Fsp3) is 0.792. The first-order valence-electron chi connectivity index (χ1n) is 25.3. The molecule has 12 bridgehead atoms. The second-order valence-electron chi connectivity index (χ2n) is 23.4. The molecular formula is C53H78O10Si. The minimum absolute atomic E-state index is 0.00312. The van der Waals surface area contributed by atoms with E-state index in [4.69, 9.17) is 42.3 Å². The molecule has 0 aliphatic carbocycles. The largest absolute Gasteiger partial charge is 0.417 e. The molecule has 5 unspecified atom stereocenters. The van der Waals surface area contributed by atoms with Crippen LogP contribution in [-0.4, -0.2) is 112 Å². The molecule has 11 rings (SSSR count). The van der Waals surface area contributed by atoms with Crippen molar-refractivity contribution in [3.63, 3.8) is 0 Å². The predicted octanol–water partition coefficient (Wildman–Crippen LogP) is 9.79. The van der Waals surface area contributed by atoms with Gasteiger partial charge >= 0.3 is 0 Å². The van der Waals surface area contributed by atoms with E-state index in [9.17, 15) is 0 Å². The second kappa shape index (κ2) is 17.6. The van der Waals surface area contributed by atoms with Crippen LogP contribution in [0.2, 0.25) is 18.1 Å². The van der Waals surface area contributed by atoms with E-state index in [1.165, 1.54) is 5.57 Å². The lowest BCUT2D eigenvalue weighted by Crippen LogP contribution is -2.61. The molecule has 0 saturated carbocycles. The third-order valence-electron chi connectivity index (χ3n) is 17.9. The summed E-state index contributed by atoms with van der Waals surface area (Å²) in [7, 11) is -1.93. The first-order valence-corrected chi connectivity index (χ1v) is 28.2. The summed E-state index contributed by atoms with van der Waals surface area (Å²) < 4.78 is 62.6. The van der Waals surface area contributed by atoms with Crippen LogP contribution in [0.15, 0.2) is 54.6 Å². The number of hydrogen-bond donors (Lipinski definition) is 0. The summed E-state index contributed by atoms with van der Waals surface area (Å²) in [6.45, 7) is 28.3. The van der Waals surface area contributed by atoms with Crippen LogP contribution in [0, 0.1) is 23.7 Å². The molecule has 10 aliphatic rings. The fourth-order valence-corrected chi connectivity index (χ4v) is 14.3. The van der Waals surface area contributed by atoms with Gasteiger partial charge in [0.05, 0.1) is 54.9 Å². The van der Waals surface area contributed by atoms with Crippen LogP contribution in [-0.2, 0) is 47.1 Å². The lowest BCUT2D eigenvalue weighted by atomic mass is 9.70. The molecule has 64 heavy (non-hydrogen) atoms. The smallest absolute Gasteiger partial charge is 0.191 e. The highest BCUT2D eigenvalue weighted by Crippen LogP contribution is 2.55. The summed E-state index contributed by atoms with van der Waals surface area (Å²) in [5.74, 6) is -0.316. The standard InChI is InChI=1S/C53H78O10Si/c1-29(28-55-64(9,10)52(6,7)8)22-41-33(5)45-43(59-41)26-42-32(4)30(2)23-35(57-42)16-18-39-31(3)24-37(56-39)20-21-53-27-44-48(62-53)49-50(61-44)51(63-53)47-40(60-49)19-17-36(58-47)25-38(54)46(45)34-14-12-11-13-15-34/h11-15,29-30,33,35-37,39-51H,3-4,16-28H2,1-2,5-10H3/t29-,30+,33-,35-,36+,37-,39?,40-,41+,42?,43-,44?,45+,46?,47-,48-,49-,50?,51-,53-/m0/s1. The molecule has 0 amide bonds. The van der Waals surface area contributed by atoms with E-state index < -0.39 is 14.1 Å². The maximum atomic E-state index is 15.4. The maximum Gasteiger partial charge on any atom is 0.191 e. The van der Waals surface area contributed by atoms with Crippen molar-refractivity contribution in [1.29, 1.82) is 0 Å². The van der Waals surface area contributed by atoms with Crippen LogP contribution in [0.1, 0.15) is 130 Å². The van der Waals surface area contributed by atoms with Crippen LogP contribution >= 0.6 is 0 Å². The van der Waals surface area contributed by atoms with Gasteiger partial charge in [-0.2, -0.15) is 0 Å². The number of ketones is 1. The zero-order chi connectivity index (χ0) is 44.9. The number of benzene rings is 1. The Morgan fingerprint density at radius 1 is 0.766 bits per heavy atom. The first-order chi connectivity index (χ1) is 30.5. The normalized spacial score (nSPS) is 46.5. The summed E-state index contributed by atoms with van der Waals surface area (Å²) in [6, 6.07) is 10.5. The van der Waals surface area contributed by atoms with Gasteiger partial charge in [-0.05, 0) is 104 Å². The van der Waals surface area contributed by atoms with Gasteiger partial charge in [-0.15, -0.1) is 0 Å². The molecule has 10 heterocycles. The van der Waals surface area contributed by atoms with Crippen molar-refractivity contribution in [2.24, 2.45) is 23.7 Å². The number of fused-ring (bicyclic) bond motifs is 6. The molecule has 0 aromatic heterocycles. The van der Waals surface area contributed by atoms with Gasteiger partial charge in [0.15, 0.2) is 14.1 Å². The molecule has 10 aliphatic heterocycles. The molecule has 1 aromatic carbocycles. The van der Waals surface area contributed by atoms with Crippen LogP contribution in [0.4, 0.5) is 0 Å². The Labute approximate surface area is 384 Å². The van der Waals surface area contributed by atoms with E-state index in [0.29, 0.717) is 44.1 Å². The van der Waals surface area contributed by atoms with Crippen LogP contribution < -0.4 is 0 Å². The van der Waals surface area contributed by atoms with E-state index in [1.54, 1.807) is 0 Å². The highest BCUT2D eigenvalue weighted by atomic mass is 28.4. The average Bonchev–Trinajstić information content (AvgIpc) is 3.92. The van der Waals surface area contributed by atoms with Crippen molar-refractivity contribution in [1.82, 2.24) is 0 Å². The molecule has 1 spiro atoms. The zero-order valence-electron chi connectivity index (χ0n) is 40.0. The van der Waals surface area contributed by atoms with E-state index in [2.05, 4.69) is 92.1 Å². The molecule has 11 heteroatoms. The van der Waals surface area contributed by atoms with Crippen LogP contribution in [0.3, 0.4) is 0 Å². The first kappa shape index (κ1) is 46.0. The van der Waals surface area contributed by atoms with E-state index in [1.807, 2.05) is 6.07 Å². The summed E-state index contributed by atoms with van der Waals surface area (Å²) in [4.78, 5) is 15.4. The minimum atomic E-state index is -1.93. The third-order valence-corrected chi connectivity index (χ3v) is 22.4. The molecule has 10 nitrogen and oxygen atoms in total. The summed E-state index contributed by atoms with van der Waals surface area (Å²) >= 11 is 0. The van der Waals surface area contributed by atoms with E-state index >= 15 is 4.79 Å². The number of carbonyl (C=O) groups excluding carboxylic acids is 1. The van der Waals surface area contributed by atoms with Crippen molar-refractivity contribution in [3.05, 3.63) is 60.2 Å². The fourth-order valence-electron chi connectivity index (χ4n) is 13.1. The van der Waals surface area contributed by atoms with Gasteiger partial charge in [-0.1, -0.05) is 85.0 Å². The summed E-state index contributed by atoms with van der Waals surface area (Å²) in [6.07, 6.45) is 7.09. The minimum Gasteiger partial charge on any atom is -0.417 e. The quantitative estimate of drug-likeness (QED) is 0.203. The van der Waals surface area contributed by atoms with E-state index in [0.717, 1.165) is 62.5 Å². The van der Waals surface area contributed by atoms with Gasteiger partial charge in [0.2, 0.25) is 0 Å². The topological polar surface area (TPSA) is 100 Å². The van der Waals surface area contributed by atoms with Crippen molar-refractivity contribution in [3.8, 4) is 0 Å². The Balaban J connectivity index is 0.968. The number of carbonyl (C=O) groups is 1. The average molecular weight is 903 g/mol. The molecule has 0 radical (unpaired) electrons. The number of Topliss-reactive ketones (excluding diaryl/α,β-unsaturated/α-hetero) is 1. The summed E-state index contributed by atoms with van der Waals surface area (Å²) in [5, 5.41) is 0.137. The molecule has 1 aromatic rings. The Morgan fingerprint density at radius 2 is 1.47 bits per heavy atom. The number of hydrogen-bond acceptors (Lipinski definition) is 10. The lowest BCUT2D eigenvalue weighted by Gasteiger charge is -2.47. The van der Waals surface area contributed by atoms with Gasteiger partial charge in [-0.3, -0.25) is 4.79 Å². The van der Waals surface area contributed by atoms with Gasteiger partial charge < -0.3 is 42.3 Å². The summed E-state index contributed by atoms with van der Waals surface area (Å²) in [5.41, 5.74) is 3.34. The molecule has 354 valence electrons. The van der Waals surface area contributed by atoms with Gasteiger partial charge in [0.1, 0.15) is 36.3 Å². The van der Waals surface area contributed by atoms with Crippen LogP contribution in [0.5, 0.6) is 0 Å². The third kappa shape index (κ3) is 8.66.